The van der Waals surface area contributed by atoms with E-state index in [4.69, 9.17) is 4.74 Å². The van der Waals surface area contributed by atoms with E-state index >= 15 is 0 Å². The summed E-state index contributed by atoms with van der Waals surface area (Å²) in [5.41, 5.74) is 0. The van der Waals surface area contributed by atoms with Crippen LogP contribution in [0.5, 0.6) is 0 Å². The Morgan fingerprint density at radius 1 is 0.812 bits per heavy atom. The number of likely N-dealkylation sites (tertiary alicyclic amines) is 1. The first-order valence-corrected chi connectivity index (χ1v) is 7.25. The largest absolute Gasteiger partial charge is 0.381 e. The lowest BCUT2D eigenvalue weighted by atomic mass is 9.69. The predicted octanol–water partition coefficient (Wildman–Crippen LogP) is 2.68. The van der Waals surface area contributed by atoms with Crippen molar-refractivity contribution in [3.05, 3.63) is 0 Å². The lowest BCUT2D eigenvalue weighted by Crippen LogP contribution is -2.49. The molecule has 0 amide bonds. The van der Waals surface area contributed by atoms with Crippen molar-refractivity contribution >= 4 is 0 Å². The minimum Gasteiger partial charge on any atom is -0.381 e. The van der Waals surface area contributed by atoms with Crippen molar-refractivity contribution in [3.63, 3.8) is 0 Å². The van der Waals surface area contributed by atoms with Crippen molar-refractivity contribution in [2.75, 3.05) is 26.3 Å². The second-order valence-electron chi connectivity index (χ2n) is 5.93. The molecule has 3 rings (SSSR count). The van der Waals surface area contributed by atoms with Crippen molar-refractivity contribution in [1.29, 1.82) is 0 Å². The highest BCUT2D eigenvalue weighted by atomic mass is 16.5. The molecule has 16 heavy (non-hydrogen) atoms. The zero-order chi connectivity index (χ0) is 10.8. The second kappa shape index (κ2) is 5.05. The van der Waals surface area contributed by atoms with Gasteiger partial charge in [-0.1, -0.05) is 6.42 Å². The first kappa shape index (κ1) is 11.0. The third-order valence-corrected chi connectivity index (χ3v) is 4.99. The van der Waals surface area contributed by atoms with Crippen LogP contribution in [0.2, 0.25) is 0 Å². The Hall–Kier alpha value is -0.0800. The van der Waals surface area contributed by atoms with Crippen LogP contribution >= 0.6 is 0 Å². The molecule has 0 spiro atoms. The monoisotopic (exact) mass is 223 g/mol. The van der Waals surface area contributed by atoms with Gasteiger partial charge >= 0.3 is 0 Å². The zero-order valence-electron chi connectivity index (χ0n) is 10.4. The molecule has 0 aromatic carbocycles. The molecule has 0 aromatic rings. The summed E-state index contributed by atoms with van der Waals surface area (Å²) in [5.74, 6) is 2.03. The SMILES string of the molecule is C1CCN(C2CC(C3CCOCC3)C2)CC1. The Balaban J connectivity index is 1.43. The van der Waals surface area contributed by atoms with Crippen LogP contribution in [0.3, 0.4) is 0 Å². The van der Waals surface area contributed by atoms with Gasteiger partial charge < -0.3 is 9.64 Å². The van der Waals surface area contributed by atoms with Crippen LogP contribution in [-0.4, -0.2) is 37.2 Å². The van der Waals surface area contributed by atoms with Crippen LogP contribution in [-0.2, 0) is 4.74 Å². The van der Waals surface area contributed by atoms with Crippen molar-refractivity contribution in [1.82, 2.24) is 4.90 Å². The highest BCUT2D eigenvalue weighted by molar-refractivity contribution is 4.91. The van der Waals surface area contributed by atoms with Gasteiger partial charge in [-0.3, -0.25) is 0 Å². The van der Waals surface area contributed by atoms with E-state index in [1.54, 1.807) is 0 Å². The zero-order valence-corrected chi connectivity index (χ0v) is 10.4. The average molecular weight is 223 g/mol. The maximum atomic E-state index is 5.45. The summed E-state index contributed by atoms with van der Waals surface area (Å²) in [6, 6.07) is 0.952. The summed E-state index contributed by atoms with van der Waals surface area (Å²) in [5, 5.41) is 0. The van der Waals surface area contributed by atoms with Crippen molar-refractivity contribution in [2.24, 2.45) is 11.8 Å². The van der Waals surface area contributed by atoms with E-state index in [9.17, 15) is 0 Å². The summed E-state index contributed by atoms with van der Waals surface area (Å²) in [7, 11) is 0. The van der Waals surface area contributed by atoms with E-state index in [1.807, 2.05) is 0 Å². The minimum absolute atomic E-state index is 0.952. The van der Waals surface area contributed by atoms with Gasteiger partial charge in [0.05, 0.1) is 0 Å². The summed E-state index contributed by atoms with van der Waals surface area (Å²) < 4.78 is 5.45. The third kappa shape index (κ3) is 2.28. The van der Waals surface area contributed by atoms with Gasteiger partial charge in [0, 0.05) is 19.3 Å². The predicted molar refractivity (Wildman–Crippen MR) is 65.5 cm³/mol. The molecule has 3 aliphatic rings. The number of hydrogen-bond donors (Lipinski definition) is 0. The van der Waals surface area contributed by atoms with Gasteiger partial charge in [-0.2, -0.15) is 0 Å². The lowest BCUT2D eigenvalue weighted by molar-refractivity contribution is -0.0114. The first-order valence-electron chi connectivity index (χ1n) is 7.25. The fourth-order valence-electron chi connectivity index (χ4n) is 3.78. The quantitative estimate of drug-likeness (QED) is 0.713. The number of hydrogen-bond acceptors (Lipinski definition) is 2. The normalized spacial score (nSPS) is 38.2. The first-order chi connectivity index (χ1) is 7.93. The molecule has 1 saturated carbocycles. The van der Waals surface area contributed by atoms with Gasteiger partial charge in [0.2, 0.25) is 0 Å². The Bertz CT molecular complexity index is 191. The molecule has 2 saturated heterocycles. The molecule has 2 nitrogen and oxygen atoms in total. The highest BCUT2D eigenvalue weighted by Gasteiger charge is 2.38. The number of piperidine rings is 1. The molecule has 0 radical (unpaired) electrons. The molecule has 2 heteroatoms. The number of nitrogens with zero attached hydrogens (tertiary/aromatic N) is 1. The standard InChI is InChI=1S/C14H25NO/c1-2-6-15(7-3-1)14-10-13(11-14)12-4-8-16-9-5-12/h12-14H,1-11H2. The summed E-state index contributed by atoms with van der Waals surface area (Å²) in [6.45, 7) is 4.81. The van der Waals surface area contributed by atoms with Gasteiger partial charge in [-0.15, -0.1) is 0 Å². The molecule has 92 valence electrons. The Morgan fingerprint density at radius 2 is 1.50 bits per heavy atom. The van der Waals surface area contributed by atoms with Gasteiger partial charge in [0.25, 0.3) is 0 Å². The third-order valence-electron chi connectivity index (χ3n) is 4.99. The molecule has 0 bridgehead atoms. The van der Waals surface area contributed by atoms with Crippen LogP contribution in [0.1, 0.15) is 44.9 Å². The molecule has 3 fully saturated rings. The Morgan fingerprint density at radius 3 is 2.19 bits per heavy atom. The number of ether oxygens (including phenoxy) is 1. The van der Waals surface area contributed by atoms with Crippen molar-refractivity contribution < 1.29 is 4.74 Å². The summed E-state index contributed by atoms with van der Waals surface area (Å²) in [6.07, 6.45) is 9.99. The fourth-order valence-corrected chi connectivity index (χ4v) is 3.78. The molecule has 0 unspecified atom stereocenters. The van der Waals surface area contributed by atoms with Gasteiger partial charge in [0.15, 0.2) is 0 Å². The molecular weight excluding hydrogens is 198 g/mol. The summed E-state index contributed by atoms with van der Waals surface area (Å²) in [4.78, 5) is 2.76. The van der Waals surface area contributed by atoms with Crippen LogP contribution in [0.4, 0.5) is 0 Å². The minimum atomic E-state index is 0.952. The van der Waals surface area contributed by atoms with Crippen LogP contribution in [0, 0.1) is 11.8 Å². The maximum Gasteiger partial charge on any atom is 0.0468 e. The molecular formula is C14H25NO. The molecule has 0 N–H and O–H groups in total. The smallest absolute Gasteiger partial charge is 0.0468 e. The van der Waals surface area contributed by atoms with E-state index < -0.39 is 0 Å². The molecule has 0 atom stereocenters. The van der Waals surface area contributed by atoms with Gasteiger partial charge in [-0.25, -0.2) is 0 Å². The molecule has 1 aliphatic carbocycles. The van der Waals surface area contributed by atoms with Crippen molar-refractivity contribution in [3.8, 4) is 0 Å². The van der Waals surface area contributed by atoms with Crippen molar-refractivity contribution in [2.45, 2.75) is 51.0 Å². The van der Waals surface area contributed by atoms with Crippen LogP contribution in [0.25, 0.3) is 0 Å². The van der Waals surface area contributed by atoms with E-state index in [0.717, 1.165) is 31.1 Å². The maximum absolute atomic E-state index is 5.45. The van der Waals surface area contributed by atoms with E-state index in [2.05, 4.69) is 4.90 Å². The lowest BCUT2D eigenvalue weighted by Gasteiger charge is -2.48. The number of rotatable bonds is 2. The molecule has 2 heterocycles. The van der Waals surface area contributed by atoms with E-state index in [-0.39, 0.29) is 0 Å². The second-order valence-corrected chi connectivity index (χ2v) is 5.93. The highest BCUT2D eigenvalue weighted by Crippen LogP contribution is 2.41. The Labute approximate surface area is 99.3 Å². The molecule has 2 aliphatic heterocycles. The molecule has 0 aromatic heterocycles. The average Bonchev–Trinajstić information content (AvgIpc) is 2.30. The topological polar surface area (TPSA) is 12.5 Å². The van der Waals surface area contributed by atoms with Crippen LogP contribution in [0.15, 0.2) is 0 Å². The van der Waals surface area contributed by atoms with E-state index in [1.165, 1.54) is 58.0 Å². The Kier molecular flexibility index (Phi) is 3.49. The van der Waals surface area contributed by atoms with Gasteiger partial charge in [-0.05, 0) is 63.5 Å². The summed E-state index contributed by atoms with van der Waals surface area (Å²) >= 11 is 0. The van der Waals surface area contributed by atoms with E-state index in [0.29, 0.717) is 0 Å². The van der Waals surface area contributed by atoms with Gasteiger partial charge in [0.1, 0.15) is 0 Å². The van der Waals surface area contributed by atoms with Crippen LogP contribution < -0.4 is 0 Å². The fraction of sp³-hybridized carbons (Fsp3) is 1.00.